The monoisotopic (exact) mass is 406 g/mol. The Bertz CT molecular complexity index is 753. The molecule has 0 atom stereocenters. The van der Waals surface area contributed by atoms with Gasteiger partial charge in [-0.05, 0) is 52.5 Å². The zero-order chi connectivity index (χ0) is 18.0. The second kappa shape index (κ2) is 7.39. The first-order valence-electron chi connectivity index (χ1n) is 8.25. The number of carbonyl (C=O) groups excluding carboxylic acids is 3. The van der Waals surface area contributed by atoms with Gasteiger partial charge in [0.05, 0.1) is 11.6 Å². The number of methoxy groups -OCH3 is 1. The maximum atomic E-state index is 12.8. The summed E-state index contributed by atoms with van der Waals surface area (Å²) in [6.07, 6.45) is 6.16. The normalized spacial score (nSPS) is 20.8. The summed E-state index contributed by atoms with van der Waals surface area (Å²) in [4.78, 5) is 38.4. The Hall–Kier alpha value is -2.15. The van der Waals surface area contributed by atoms with E-state index in [2.05, 4.69) is 21.2 Å². The number of hydrogen-bond acceptors (Lipinski definition) is 4. The van der Waals surface area contributed by atoms with Crippen LogP contribution < -0.4 is 10.1 Å². The number of rotatable bonds is 3. The molecular weight excluding hydrogens is 388 g/mol. The number of ether oxygens (including phenoxy) is 1. The maximum absolute atomic E-state index is 12.8. The average molecular weight is 407 g/mol. The molecule has 2 fully saturated rings. The fraction of sp³-hybridized carbons (Fsp3) is 0.389. The quantitative estimate of drug-likeness (QED) is 0.617. The molecule has 0 aromatic heterocycles. The Morgan fingerprint density at radius 3 is 2.56 bits per heavy atom. The molecule has 1 aliphatic carbocycles. The topological polar surface area (TPSA) is 75.7 Å². The van der Waals surface area contributed by atoms with Gasteiger partial charge in [0.1, 0.15) is 11.3 Å². The summed E-state index contributed by atoms with van der Waals surface area (Å²) in [5.74, 6) is -0.526. The van der Waals surface area contributed by atoms with Gasteiger partial charge in [-0.3, -0.25) is 19.8 Å². The minimum absolute atomic E-state index is 0.0257. The van der Waals surface area contributed by atoms with Gasteiger partial charge in [-0.1, -0.05) is 25.3 Å². The van der Waals surface area contributed by atoms with Crippen LogP contribution >= 0.6 is 15.9 Å². The van der Waals surface area contributed by atoms with Crippen molar-refractivity contribution < 1.29 is 19.1 Å². The number of nitrogens with one attached hydrogen (secondary N) is 1. The number of carbonyl (C=O) groups is 3. The molecule has 4 amide bonds. The molecule has 1 aliphatic heterocycles. The van der Waals surface area contributed by atoms with E-state index in [1.165, 1.54) is 11.0 Å². The van der Waals surface area contributed by atoms with Gasteiger partial charge in [-0.15, -0.1) is 0 Å². The Morgan fingerprint density at radius 2 is 1.92 bits per heavy atom. The van der Waals surface area contributed by atoms with Gasteiger partial charge >= 0.3 is 6.03 Å². The highest BCUT2D eigenvalue weighted by atomic mass is 79.9. The first-order valence-corrected chi connectivity index (χ1v) is 9.04. The highest BCUT2D eigenvalue weighted by molar-refractivity contribution is 9.10. The lowest BCUT2D eigenvalue weighted by Crippen LogP contribution is -2.58. The summed E-state index contributed by atoms with van der Waals surface area (Å²) >= 11 is 3.38. The molecule has 7 heteroatoms. The second-order valence-corrected chi connectivity index (χ2v) is 7.03. The van der Waals surface area contributed by atoms with Gasteiger partial charge < -0.3 is 4.74 Å². The van der Waals surface area contributed by atoms with Crippen LogP contribution in [0.2, 0.25) is 0 Å². The zero-order valence-electron chi connectivity index (χ0n) is 13.9. The smallest absolute Gasteiger partial charge is 0.331 e. The first kappa shape index (κ1) is 17.7. The molecule has 1 saturated carbocycles. The lowest BCUT2D eigenvalue weighted by atomic mass is 9.93. The van der Waals surface area contributed by atoms with Crippen LogP contribution in [0.5, 0.6) is 5.75 Å². The van der Waals surface area contributed by atoms with Crippen molar-refractivity contribution in [2.24, 2.45) is 0 Å². The van der Waals surface area contributed by atoms with E-state index in [1.54, 1.807) is 25.3 Å². The van der Waals surface area contributed by atoms with E-state index in [-0.39, 0.29) is 11.6 Å². The Labute approximate surface area is 154 Å². The molecule has 132 valence electrons. The third-order valence-corrected chi connectivity index (χ3v) is 5.18. The van der Waals surface area contributed by atoms with Crippen molar-refractivity contribution in [3.05, 3.63) is 33.8 Å². The number of imide groups is 2. The predicted molar refractivity (Wildman–Crippen MR) is 95.9 cm³/mol. The van der Waals surface area contributed by atoms with E-state index in [0.717, 1.165) is 32.1 Å². The molecule has 0 unspecified atom stereocenters. The minimum Gasteiger partial charge on any atom is -0.496 e. The highest BCUT2D eigenvalue weighted by Gasteiger charge is 2.40. The summed E-state index contributed by atoms with van der Waals surface area (Å²) < 4.78 is 5.89. The molecule has 3 rings (SSSR count). The summed E-state index contributed by atoms with van der Waals surface area (Å²) in [5, 5.41) is 2.29. The summed E-state index contributed by atoms with van der Waals surface area (Å²) in [6.45, 7) is 0. The molecule has 6 nitrogen and oxygen atoms in total. The number of amides is 4. The van der Waals surface area contributed by atoms with Crippen LogP contribution in [0, 0.1) is 0 Å². The zero-order valence-corrected chi connectivity index (χ0v) is 15.5. The van der Waals surface area contributed by atoms with Crippen molar-refractivity contribution in [2.75, 3.05) is 7.11 Å². The van der Waals surface area contributed by atoms with E-state index < -0.39 is 17.8 Å². The van der Waals surface area contributed by atoms with Gasteiger partial charge in [0.2, 0.25) is 0 Å². The van der Waals surface area contributed by atoms with Crippen molar-refractivity contribution in [3.8, 4) is 5.75 Å². The summed E-state index contributed by atoms with van der Waals surface area (Å²) in [5.41, 5.74) is 0.645. The van der Waals surface area contributed by atoms with E-state index in [9.17, 15) is 14.4 Å². The standard InChI is InChI=1S/C18H19BrN2O4/c1-25-15-8-7-11(10-14(15)19)9-13-16(22)20-18(24)21(17(13)23)12-5-3-2-4-6-12/h7-10,12H,2-6H2,1H3,(H,20,22,24). The molecule has 25 heavy (non-hydrogen) atoms. The van der Waals surface area contributed by atoms with Gasteiger partial charge in [-0.25, -0.2) is 4.79 Å². The number of halogens is 1. The fourth-order valence-electron chi connectivity index (χ4n) is 3.28. The lowest BCUT2D eigenvalue weighted by Gasteiger charge is -2.35. The Balaban J connectivity index is 1.91. The summed E-state index contributed by atoms with van der Waals surface area (Å²) in [7, 11) is 1.56. The van der Waals surface area contributed by atoms with Gasteiger partial charge in [-0.2, -0.15) is 0 Å². The van der Waals surface area contributed by atoms with Gasteiger partial charge in [0.15, 0.2) is 0 Å². The van der Waals surface area contributed by atoms with Crippen molar-refractivity contribution >= 4 is 39.9 Å². The largest absolute Gasteiger partial charge is 0.496 e. The van der Waals surface area contributed by atoms with Crippen molar-refractivity contribution in [3.63, 3.8) is 0 Å². The molecule has 0 bridgehead atoms. The maximum Gasteiger partial charge on any atom is 0.331 e. The molecule has 0 radical (unpaired) electrons. The van der Waals surface area contributed by atoms with E-state index >= 15 is 0 Å². The first-order chi connectivity index (χ1) is 12.0. The fourth-order valence-corrected chi connectivity index (χ4v) is 3.84. The Kier molecular flexibility index (Phi) is 5.22. The van der Waals surface area contributed by atoms with Crippen LogP contribution in [0.25, 0.3) is 6.08 Å². The molecule has 2 aliphatic rings. The number of nitrogens with zero attached hydrogens (tertiary/aromatic N) is 1. The molecular formula is C18H19BrN2O4. The van der Waals surface area contributed by atoms with E-state index in [1.807, 2.05) is 0 Å². The molecule has 1 aromatic rings. The van der Waals surface area contributed by atoms with Crippen LogP contribution in [0.1, 0.15) is 37.7 Å². The summed E-state index contributed by atoms with van der Waals surface area (Å²) in [6, 6.07) is 4.49. The van der Waals surface area contributed by atoms with E-state index in [0.29, 0.717) is 15.8 Å². The molecule has 1 aromatic carbocycles. The average Bonchev–Trinajstić information content (AvgIpc) is 2.59. The molecule has 0 spiro atoms. The van der Waals surface area contributed by atoms with Crippen LogP contribution in [0.3, 0.4) is 0 Å². The molecule has 1 N–H and O–H groups in total. The second-order valence-electron chi connectivity index (χ2n) is 6.18. The SMILES string of the molecule is COc1ccc(C=C2C(=O)NC(=O)N(C3CCCCC3)C2=O)cc1Br. The predicted octanol–water partition coefficient (Wildman–Crippen LogP) is 3.25. The van der Waals surface area contributed by atoms with Crippen LogP contribution in [-0.2, 0) is 9.59 Å². The van der Waals surface area contributed by atoms with Gasteiger partial charge in [0, 0.05) is 6.04 Å². The van der Waals surface area contributed by atoms with Crippen molar-refractivity contribution in [1.29, 1.82) is 0 Å². The Morgan fingerprint density at radius 1 is 1.20 bits per heavy atom. The minimum atomic E-state index is -0.658. The number of hydrogen-bond donors (Lipinski definition) is 1. The number of benzene rings is 1. The van der Waals surface area contributed by atoms with Crippen molar-refractivity contribution in [2.45, 2.75) is 38.1 Å². The lowest BCUT2D eigenvalue weighted by molar-refractivity contribution is -0.132. The van der Waals surface area contributed by atoms with Crippen LogP contribution in [-0.4, -0.2) is 35.9 Å². The number of barbiturate groups is 1. The third kappa shape index (κ3) is 3.61. The van der Waals surface area contributed by atoms with Crippen LogP contribution in [0.15, 0.2) is 28.2 Å². The molecule has 1 saturated heterocycles. The van der Waals surface area contributed by atoms with E-state index in [4.69, 9.17) is 4.74 Å². The third-order valence-electron chi connectivity index (χ3n) is 4.56. The van der Waals surface area contributed by atoms with Crippen molar-refractivity contribution in [1.82, 2.24) is 10.2 Å². The highest BCUT2D eigenvalue weighted by Crippen LogP contribution is 2.29. The number of urea groups is 1. The van der Waals surface area contributed by atoms with Crippen LogP contribution in [0.4, 0.5) is 4.79 Å². The molecule has 1 heterocycles. The van der Waals surface area contributed by atoms with Gasteiger partial charge in [0.25, 0.3) is 11.8 Å².